The Kier molecular flexibility index (Phi) is 4.05. The summed E-state index contributed by atoms with van der Waals surface area (Å²) in [7, 11) is 0. The molecule has 0 heterocycles. The molecule has 0 aliphatic carbocycles. The van der Waals surface area contributed by atoms with Crippen LogP contribution >= 0.6 is 0 Å². The van der Waals surface area contributed by atoms with Crippen LogP contribution in [0.5, 0.6) is 0 Å². The molecule has 1 rings (SSSR count). The van der Waals surface area contributed by atoms with Gasteiger partial charge in [0, 0.05) is 18.0 Å². The van der Waals surface area contributed by atoms with Crippen LogP contribution in [0.3, 0.4) is 0 Å². The van der Waals surface area contributed by atoms with Crippen LogP contribution in [0.2, 0.25) is 0 Å². The van der Waals surface area contributed by atoms with Crippen molar-refractivity contribution in [1.29, 1.82) is 5.41 Å². The standard InChI is InChI=1S/C12H17N3O/c1-8(2)11(16)10-5-3-9(4-6-10)7-15-12(13)14/h3-6,8H,7H2,1-2H3,(H4,13,14,15). The Hall–Kier alpha value is -1.84. The van der Waals surface area contributed by atoms with E-state index < -0.39 is 0 Å². The minimum Gasteiger partial charge on any atom is -0.370 e. The first-order valence-corrected chi connectivity index (χ1v) is 5.21. The molecule has 86 valence electrons. The van der Waals surface area contributed by atoms with Crippen molar-refractivity contribution in [2.75, 3.05) is 0 Å². The second-order valence-electron chi connectivity index (χ2n) is 3.98. The van der Waals surface area contributed by atoms with Gasteiger partial charge in [0.15, 0.2) is 11.7 Å². The summed E-state index contributed by atoms with van der Waals surface area (Å²) < 4.78 is 0. The lowest BCUT2D eigenvalue weighted by atomic mass is 10.0. The third-order valence-corrected chi connectivity index (χ3v) is 2.25. The number of carbonyl (C=O) groups excluding carboxylic acids is 1. The number of hydrogen-bond acceptors (Lipinski definition) is 2. The van der Waals surface area contributed by atoms with Gasteiger partial charge in [0.1, 0.15) is 0 Å². The first-order chi connectivity index (χ1) is 7.50. The maximum absolute atomic E-state index is 11.7. The summed E-state index contributed by atoms with van der Waals surface area (Å²) in [6.45, 7) is 4.27. The Morgan fingerprint density at radius 3 is 2.38 bits per heavy atom. The average Bonchev–Trinajstić information content (AvgIpc) is 2.26. The zero-order chi connectivity index (χ0) is 12.1. The van der Waals surface area contributed by atoms with E-state index in [1.165, 1.54) is 0 Å². The van der Waals surface area contributed by atoms with E-state index in [4.69, 9.17) is 11.1 Å². The predicted molar refractivity (Wildman–Crippen MR) is 64.4 cm³/mol. The monoisotopic (exact) mass is 219 g/mol. The Morgan fingerprint density at radius 1 is 1.38 bits per heavy atom. The van der Waals surface area contributed by atoms with Crippen LogP contribution in [-0.4, -0.2) is 11.7 Å². The highest BCUT2D eigenvalue weighted by Gasteiger charge is 2.09. The van der Waals surface area contributed by atoms with E-state index in [0.29, 0.717) is 6.54 Å². The molecule has 0 saturated heterocycles. The SMILES string of the molecule is CC(C)C(=O)c1ccc(CNC(=N)N)cc1. The molecule has 0 saturated carbocycles. The molecule has 0 fully saturated rings. The summed E-state index contributed by atoms with van der Waals surface area (Å²) in [6, 6.07) is 7.34. The molecule has 0 unspecified atom stereocenters. The highest BCUT2D eigenvalue weighted by molar-refractivity contribution is 5.97. The molecular formula is C12H17N3O. The van der Waals surface area contributed by atoms with Crippen molar-refractivity contribution in [3.63, 3.8) is 0 Å². The maximum Gasteiger partial charge on any atom is 0.185 e. The summed E-state index contributed by atoms with van der Waals surface area (Å²) in [5, 5.41) is 9.73. The van der Waals surface area contributed by atoms with Gasteiger partial charge in [0.25, 0.3) is 0 Å². The number of benzene rings is 1. The Labute approximate surface area is 95.4 Å². The van der Waals surface area contributed by atoms with Crippen LogP contribution in [0.15, 0.2) is 24.3 Å². The number of guanidine groups is 1. The van der Waals surface area contributed by atoms with Crippen LogP contribution in [0.25, 0.3) is 0 Å². The molecule has 0 spiro atoms. The summed E-state index contributed by atoms with van der Waals surface area (Å²) in [5.74, 6) is 0.106. The quantitative estimate of drug-likeness (QED) is 0.408. The van der Waals surface area contributed by atoms with Crippen LogP contribution < -0.4 is 11.1 Å². The minimum absolute atomic E-state index is 0.0150. The van der Waals surface area contributed by atoms with Crippen molar-refractivity contribution in [2.45, 2.75) is 20.4 Å². The fourth-order valence-electron chi connectivity index (χ4n) is 1.32. The number of nitrogens with two attached hydrogens (primary N) is 1. The molecule has 0 bridgehead atoms. The van der Waals surface area contributed by atoms with E-state index in [-0.39, 0.29) is 17.7 Å². The zero-order valence-electron chi connectivity index (χ0n) is 9.58. The number of carbonyl (C=O) groups is 1. The van der Waals surface area contributed by atoms with Crippen LogP contribution in [-0.2, 0) is 6.54 Å². The second-order valence-corrected chi connectivity index (χ2v) is 3.98. The molecule has 16 heavy (non-hydrogen) atoms. The van der Waals surface area contributed by atoms with Gasteiger partial charge in [-0.25, -0.2) is 0 Å². The van der Waals surface area contributed by atoms with E-state index in [9.17, 15) is 4.79 Å². The number of rotatable bonds is 4. The van der Waals surface area contributed by atoms with Gasteiger partial charge in [0.05, 0.1) is 0 Å². The van der Waals surface area contributed by atoms with Gasteiger partial charge in [-0.15, -0.1) is 0 Å². The van der Waals surface area contributed by atoms with Gasteiger partial charge in [0.2, 0.25) is 0 Å². The number of Topliss-reactive ketones (excluding diaryl/α,β-unsaturated/α-hetero) is 1. The molecule has 1 aromatic rings. The van der Waals surface area contributed by atoms with E-state index in [1.54, 1.807) is 12.1 Å². The van der Waals surface area contributed by atoms with Crippen molar-refractivity contribution in [3.05, 3.63) is 35.4 Å². The first kappa shape index (κ1) is 12.2. The lowest BCUT2D eigenvalue weighted by Crippen LogP contribution is -2.29. The van der Waals surface area contributed by atoms with Gasteiger partial charge in [-0.3, -0.25) is 10.2 Å². The van der Waals surface area contributed by atoms with Gasteiger partial charge in [-0.1, -0.05) is 38.1 Å². The maximum atomic E-state index is 11.7. The normalized spacial score (nSPS) is 10.2. The largest absolute Gasteiger partial charge is 0.370 e. The van der Waals surface area contributed by atoms with Gasteiger partial charge in [-0.05, 0) is 5.56 Å². The third kappa shape index (κ3) is 3.38. The van der Waals surface area contributed by atoms with Crippen LogP contribution in [0, 0.1) is 11.3 Å². The average molecular weight is 219 g/mol. The molecule has 1 aromatic carbocycles. The molecule has 0 atom stereocenters. The van der Waals surface area contributed by atoms with Crippen molar-refractivity contribution < 1.29 is 4.79 Å². The molecule has 0 aliphatic heterocycles. The van der Waals surface area contributed by atoms with Gasteiger partial charge >= 0.3 is 0 Å². The topological polar surface area (TPSA) is 79.0 Å². The summed E-state index contributed by atoms with van der Waals surface area (Å²) in [5.41, 5.74) is 6.90. The van der Waals surface area contributed by atoms with E-state index in [1.807, 2.05) is 26.0 Å². The summed E-state index contributed by atoms with van der Waals surface area (Å²) in [6.07, 6.45) is 0. The molecule has 4 heteroatoms. The molecule has 0 radical (unpaired) electrons. The van der Waals surface area contributed by atoms with Crippen molar-refractivity contribution >= 4 is 11.7 Å². The molecule has 4 N–H and O–H groups in total. The fraction of sp³-hybridized carbons (Fsp3) is 0.333. The highest BCUT2D eigenvalue weighted by atomic mass is 16.1. The number of ketones is 1. The van der Waals surface area contributed by atoms with Crippen LogP contribution in [0.4, 0.5) is 0 Å². The summed E-state index contributed by atoms with van der Waals surface area (Å²) >= 11 is 0. The van der Waals surface area contributed by atoms with Gasteiger partial charge < -0.3 is 11.1 Å². The lowest BCUT2D eigenvalue weighted by Gasteiger charge is -2.06. The zero-order valence-corrected chi connectivity index (χ0v) is 9.58. The number of hydrogen-bond donors (Lipinski definition) is 3. The van der Waals surface area contributed by atoms with E-state index in [0.717, 1.165) is 11.1 Å². The molecule has 4 nitrogen and oxygen atoms in total. The molecule has 0 aromatic heterocycles. The van der Waals surface area contributed by atoms with Gasteiger partial charge in [-0.2, -0.15) is 0 Å². The Morgan fingerprint density at radius 2 is 1.94 bits per heavy atom. The summed E-state index contributed by atoms with van der Waals surface area (Å²) in [4.78, 5) is 11.7. The third-order valence-electron chi connectivity index (χ3n) is 2.25. The second kappa shape index (κ2) is 5.30. The lowest BCUT2D eigenvalue weighted by molar-refractivity contribution is 0.0939. The number of nitrogens with one attached hydrogen (secondary N) is 2. The minimum atomic E-state index is -0.0534. The van der Waals surface area contributed by atoms with Crippen molar-refractivity contribution in [3.8, 4) is 0 Å². The van der Waals surface area contributed by atoms with E-state index >= 15 is 0 Å². The van der Waals surface area contributed by atoms with Crippen molar-refractivity contribution in [1.82, 2.24) is 5.32 Å². The Bertz CT molecular complexity index is 382. The first-order valence-electron chi connectivity index (χ1n) is 5.21. The molecule has 0 aliphatic rings. The van der Waals surface area contributed by atoms with Crippen molar-refractivity contribution in [2.24, 2.45) is 11.7 Å². The Balaban J connectivity index is 2.68. The predicted octanol–water partition coefficient (Wildman–Crippen LogP) is 1.51. The molecule has 0 amide bonds. The highest BCUT2D eigenvalue weighted by Crippen LogP contribution is 2.09. The molecular weight excluding hydrogens is 202 g/mol. The smallest absolute Gasteiger partial charge is 0.185 e. The van der Waals surface area contributed by atoms with Crippen LogP contribution in [0.1, 0.15) is 29.8 Å². The van der Waals surface area contributed by atoms with E-state index in [2.05, 4.69) is 5.32 Å². The fourth-order valence-corrected chi connectivity index (χ4v) is 1.32.